The largest absolute Gasteiger partial charge is 0.309 e. The van der Waals surface area contributed by atoms with Gasteiger partial charge in [0.25, 0.3) is 0 Å². The lowest BCUT2D eigenvalue weighted by molar-refractivity contribution is 0.141. The summed E-state index contributed by atoms with van der Waals surface area (Å²) in [5.74, 6) is 0. The Kier molecular flexibility index (Phi) is 2.32. The van der Waals surface area contributed by atoms with Crippen LogP contribution in [0, 0.1) is 0 Å². The normalized spacial score (nSPS) is 43.8. The van der Waals surface area contributed by atoms with E-state index in [4.69, 9.17) is 0 Å². The molecule has 0 saturated carbocycles. The van der Waals surface area contributed by atoms with E-state index in [1.165, 1.54) is 6.54 Å². The van der Waals surface area contributed by atoms with Crippen molar-refractivity contribution in [3.8, 4) is 0 Å². The van der Waals surface area contributed by atoms with Gasteiger partial charge >= 0.3 is 0 Å². The molecule has 0 aromatic heterocycles. The first-order chi connectivity index (χ1) is 4.61. The molecule has 0 aromatic rings. The maximum atomic E-state index is 3.52. The highest BCUT2D eigenvalue weighted by Crippen LogP contribution is 2.08. The van der Waals surface area contributed by atoms with Gasteiger partial charge in [0.15, 0.2) is 0 Å². The van der Waals surface area contributed by atoms with E-state index >= 15 is 0 Å². The van der Waals surface area contributed by atoms with Gasteiger partial charge in [-0.05, 0) is 27.8 Å². The minimum absolute atomic E-state index is 0.633. The zero-order valence-electron chi connectivity index (χ0n) is 7.39. The fraction of sp³-hybridized carbons (Fsp3) is 1.00. The van der Waals surface area contributed by atoms with E-state index in [0.29, 0.717) is 18.1 Å². The summed E-state index contributed by atoms with van der Waals surface area (Å²) in [4.78, 5) is 2.41. The second-order valence-corrected chi connectivity index (χ2v) is 3.54. The molecule has 1 rings (SSSR count). The van der Waals surface area contributed by atoms with Crippen LogP contribution in [0.2, 0.25) is 0 Å². The van der Waals surface area contributed by atoms with Gasteiger partial charge in [0, 0.05) is 24.7 Å². The Morgan fingerprint density at radius 3 is 2.40 bits per heavy atom. The zero-order valence-corrected chi connectivity index (χ0v) is 7.39. The molecule has 1 saturated heterocycles. The van der Waals surface area contributed by atoms with E-state index < -0.39 is 0 Å². The monoisotopic (exact) mass is 142 g/mol. The molecular weight excluding hydrogens is 124 g/mol. The molecule has 0 bridgehead atoms. The first-order valence-corrected chi connectivity index (χ1v) is 4.07. The maximum absolute atomic E-state index is 3.52. The van der Waals surface area contributed by atoms with Gasteiger partial charge in [-0.15, -0.1) is 0 Å². The summed E-state index contributed by atoms with van der Waals surface area (Å²) in [5.41, 5.74) is 0. The third kappa shape index (κ3) is 1.50. The van der Waals surface area contributed by atoms with Crippen LogP contribution in [0.25, 0.3) is 0 Å². The smallest absolute Gasteiger partial charge is 0.0216 e. The molecular formula is C8H18N2. The number of likely N-dealkylation sites (N-methyl/N-ethyl adjacent to an activating group) is 1. The van der Waals surface area contributed by atoms with Gasteiger partial charge in [0.2, 0.25) is 0 Å². The Balaban J connectivity index is 2.49. The third-order valence-electron chi connectivity index (χ3n) is 2.53. The summed E-state index contributed by atoms with van der Waals surface area (Å²) >= 11 is 0. The first-order valence-electron chi connectivity index (χ1n) is 4.07. The number of piperazine rings is 1. The topological polar surface area (TPSA) is 15.3 Å². The lowest BCUT2D eigenvalue weighted by Crippen LogP contribution is -2.57. The van der Waals surface area contributed by atoms with Crippen LogP contribution in [0.1, 0.15) is 20.8 Å². The van der Waals surface area contributed by atoms with Crippen LogP contribution in [0.3, 0.4) is 0 Å². The Morgan fingerprint density at radius 2 is 1.90 bits per heavy atom. The van der Waals surface area contributed by atoms with Gasteiger partial charge in [0.1, 0.15) is 0 Å². The SMILES string of the molecule is CC1N[C@@H](C)CN(C)C1C. The van der Waals surface area contributed by atoms with E-state index in [-0.39, 0.29) is 0 Å². The highest BCUT2D eigenvalue weighted by Gasteiger charge is 2.24. The molecule has 2 nitrogen and oxygen atoms in total. The molecule has 1 aliphatic heterocycles. The van der Waals surface area contributed by atoms with E-state index in [1.807, 2.05) is 0 Å². The maximum Gasteiger partial charge on any atom is 0.0216 e. The Labute approximate surface area is 63.6 Å². The number of rotatable bonds is 0. The Bertz CT molecular complexity index is 102. The summed E-state index contributed by atoms with van der Waals surface area (Å²) in [6.07, 6.45) is 0. The first kappa shape index (κ1) is 8.02. The lowest BCUT2D eigenvalue weighted by atomic mass is 10.1. The van der Waals surface area contributed by atoms with Crippen molar-refractivity contribution in [3.05, 3.63) is 0 Å². The predicted molar refractivity (Wildman–Crippen MR) is 44.2 cm³/mol. The van der Waals surface area contributed by atoms with Gasteiger partial charge in [-0.25, -0.2) is 0 Å². The van der Waals surface area contributed by atoms with Gasteiger partial charge in [0.05, 0.1) is 0 Å². The van der Waals surface area contributed by atoms with E-state index in [9.17, 15) is 0 Å². The quantitative estimate of drug-likeness (QED) is 0.535. The summed E-state index contributed by atoms with van der Waals surface area (Å²) in [6, 6.07) is 1.96. The number of nitrogens with zero attached hydrogens (tertiary/aromatic N) is 1. The molecule has 2 heteroatoms. The van der Waals surface area contributed by atoms with Crippen LogP contribution in [0.15, 0.2) is 0 Å². The second kappa shape index (κ2) is 2.89. The molecule has 0 amide bonds. The molecule has 1 fully saturated rings. The van der Waals surface area contributed by atoms with Crippen molar-refractivity contribution in [2.45, 2.75) is 38.9 Å². The van der Waals surface area contributed by atoms with Crippen LogP contribution in [-0.2, 0) is 0 Å². The molecule has 2 unspecified atom stereocenters. The van der Waals surface area contributed by atoms with E-state index in [1.54, 1.807) is 0 Å². The molecule has 1 N–H and O–H groups in total. The molecule has 3 atom stereocenters. The van der Waals surface area contributed by atoms with Crippen molar-refractivity contribution in [2.24, 2.45) is 0 Å². The van der Waals surface area contributed by atoms with Gasteiger partial charge < -0.3 is 10.2 Å². The third-order valence-corrected chi connectivity index (χ3v) is 2.53. The van der Waals surface area contributed by atoms with Crippen molar-refractivity contribution in [3.63, 3.8) is 0 Å². The fourth-order valence-electron chi connectivity index (χ4n) is 1.62. The fourth-order valence-corrected chi connectivity index (χ4v) is 1.62. The number of hydrogen-bond donors (Lipinski definition) is 1. The van der Waals surface area contributed by atoms with Crippen LogP contribution in [0.4, 0.5) is 0 Å². The van der Waals surface area contributed by atoms with Crippen molar-refractivity contribution in [1.82, 2.24) is 10.2 Å². The van der Waals surface area contributed by atoms with Crippen molar-refractivity contribution < 1.29 is 0 Å². The molecule has 0 radical (unpaired) electrons. The molecule has 1 aliphatic rings. The molecule has 0 spiro atoms. The lowest BCUT2D eigenvalue weighted by Gasteiger charge is -2.39. The van der Waals surface area contributed by atoms with Crippen LogP contribution >= 0.6 is 0 Å². The molecule has 10 heavy (non-hydrogen) atoms. The van der Waals surface area contributed by atoms with Crippen LogP contribution < -0.4 is 5.32 Å². The summed E-state index contributed by atoms with van der Waals surface area (Å²) < 4.78 is 0. The average molecular weight is 142 g/mol. The standard InChI is InChI=1S/C8H18N2/c1-6-5-10(4)8(3)7(2)9-6/h6-9H,5H2,1-4H3/t6-,7?,8?/m0/s1. The highest BCUT2D eigenvalue weighted by molar-refractivity contribution is 4.85. The van der Waals surface area contributed by atoms with Crippen LogP contribution in [-0.4, -0.2) is 36.6 Å². The molecule has 60 valence electrons. The molecule has 0 aliphatic carbocycles. The minimum Gasteiger partial charge on any atom is -0.309 e. The van der Waals surface area contributed by atoms with Crippen molar-refractivity contribution >= 4 is 0 Å². The van der Waals surface area contributed by atoms with Crippen molar-refractivity contribution in [2.75, 3.05) is 13.6 Å². The Morgan fingerprint density at radius 1 is 1.30 bits per heavy atom. The minimum atomic E-state index is 0.633. The molecule has 0 aromatic carbocycles. The number of hydrogen-bond acceptors (Lipinski definition) is 2. The summed E-state index contributed by atoms with van der Waals surface area (Å²) in [5, 5.41) is 3.52. The van der Waals surface area contributed by atoms with E-state index in [2.05, 4.69) is 38.0 Å². The Hall–Kier alpha value is -0.0800. The number of nitrogens with one attached hydrogen (secondary N) is 1. The second-order valence-electron chi connectivity index (χ2n) is 3.54. The van der Waals surface area contributed by atoms with Crippen LogP contribution in [0.5, 0.6) is 0 Å². The van der Waals surface area contributed by atoms with E-state index in [0.717, 1.165) is 0 Å². The zero-order chi connectivity index (χ0) is 7.72. The highest BCUT2D eigenvalue weighted by atomic mass is 15.2. The molecule has 1 heterocycles. The predicted octanol–water partition coefficient (Wildman–Crippen LogP) is 0.687. The van der Waals surface area contributed by atoms with Gasteiger partial charge in [-0.2, -0.15) is 0 Å². The van der Waals surface area contributed by atoms with Crippen molar-refractivity contribution in [1.29, 1.82) is 0 Å². The van der Waals surface area contributed by atoms with Gasteiger partial charge in [-0.3, -0.25) is 0 Å². The summed E-state index contributed by atoms with van der Waals surface area (Å²) in [7, 11) is 2.19. The summed E-state index contributed by atoms with van der Waals surface area (Å²) in [6.45, 7) is 7.92. The van der Waals surface area contributed by atoms with Gasteiger partial charge in [-0.1, -0.05) is 0 Å². The average Bonchev–Trinajstić information content (AvgIpc) is 1.82.